The molecule has 0 unspecified atom stereocenters. The predicted octanol–water partition coefficient (Wildman–Crippen LogP) is -1.53. The highest BCUT2D eigenvalue weighted by molar-refractivity contribution is 9.10. The summed E-state index contributed by atoms with van der Waals surface area (Å²) in [5.74, 6) is -0.122. The lowest BCUT2D eigenvalue weighted by Gasteiger charge is -2.27. The Morgan fingerprint density at radius 3 is 2.82 bits per heavy atom. The quantitative estimate of drug-likeness (QED) is 0.395. The van der Waals surface area contributed by atoms with E-state index >= 15 is 0 Å². The van der Waals surface area contributed by atoms with E-state index in [2.05, 4.69) is 30.9 Å². The van der Waals surface area contributed by atoms with Crippen molar-refractivity contribution < 1.29 is 20.1 Å². The van der Waals surface area contributed by atoms with E-state index in [4.69, 9.17) is 10.5 Å². The Morgan fingerprint density at radius 1 is 1.55 bits per heavy atom. The van der Waals surface area contributed by atoms with Crippen LogP contribution in [0.5, 0.6) is 0 Å². The molecular weight excluding hydrogens is 362 g/mol. The molecule has 1 aliphatic rings. The molecule has 1 aliphatic heterocycles. The second-order valence-corrected chi connectivity index (χ2v) is 5.96. The maximum atomic E-state index is 11.9. The van der Waals surface area contributed by atoms with Gasteiger partial charge in [-0.05, 0) is 22.9 Å². The number of nitrogens with two attached hydrogens (primary N) is 1. The number of ether oxygens (including phenoxy) is 1. The minimum absolute atomic E-state index is 0.00223. The number of aromatic nitrogens is 4. The van der Waals surface area contributed by atoms with Gasteiger partial charge in [-0.2, -0.15) is 4.98 Å². The summed E-state index contributed by atoms with van der Waals surface area (Å²) in [6.45, 7) is 0.876. The van der Waals surface area contributed by atoms with Crippen LogP contribution in [0.4, 0.5) is 5.95 Å². The third-order valence-corrected chi connectivity index (χ3v) is 4.25. The molecule has 0 saturated carbocycles. The van der Waals surface area contributed by atoms with Gasteiger partial charge >= 0.3 is 0 Å². The van der Waals surface area contributed by atoms with Crippen LogP contribution in [0.2, 0.25) is 0 Å². The molecule has 0 spiro atoms. The average Bonchev–Trinajstić information content (AvgIpc) is 2.86. The van der Waals surface area contributed by atoms with Crippen LogP contribution < -0.4 is 11.3 Å². The van der Waals surface area contributed by atoms with Crippen molar-refractivity contribution >= 4 is 33.0 Å². The van der Waals surface area contributed by atoms with Crippen LogP contribution in [-0.2, 0) is 4.74 Å². The maximum Gasteiger partial charge on any atom is 0.280 e. The first kappa shape index (κ1) is 15.4. The lowest BCUT2D eigenvalue weighted by molar-refractivity contribution is -0.0960. The highest BCUT2D eigenvalue weighted by Gasteiger charge is 2.53. The smallest absolute Gasteiger partial charge is 0.280 e. The number of imidazole rings is 1. The maximum absolute atomic E-state index is 11.9. The van der Waals surface area contributed by atoms with Gasteiger partial charge in [0.2, 0.25) is 5.95 Å². The summed E-state index contributed by atoms with van der Waals surface area (Å²) in [7, 11) is 0. The molecular formula is C11H14BrN5O5. The topological polar surface area (TPSA) is 160 Å². The van der Waals surface area contributed by atoms with Gasteiger partial charge in [-0.25, -0.2) is 4.98 Å². The first-order valence-corrected chi connectivity index (χ1v) is 7.16. The van der Waals surface area contributed by atoms with Crippen LogP contribution in [0.15, 0.2) is 9.53 Å². The molecule has 4 atom stereocenters. The van der Waals surface area contributed by atoms with E-state index in [0.717, 1.165) is 0 Å². The van der Waals surface area contributed by atoms with Crippen LogP contribution in [0.25, 0.3) is 11.2 Å². The molecule has 0 radical (unpaired) electrons. The fourth-order valence-electron chi connectivity index (χ4n) is 2.55. The number of fused-ring (bicyclic) bond motifs is 1. The van der Waals surface area contributed by atoms with Crippen LogP contribution in [0.3, 0.4) is 0 Å². The lowest BCUT2D eigenvalue weighted by atomic mass is 9.96. The molecule has 1 saturated heterocycles. The number of aliphatic hydroxyl groups excluding tert-OH is 2. The molecule has 3 heterocycles. The van der Waals surface area contributed by atoms with Crippen LogP contribution in [-0.4, -0.2) is 59.3 Å². The number of hydrogen-bond acceptors (Lipinski definition) is 8. The molecule has 0 aliphatic carbocycles. The lowest BCUT2D eigenvalue weighted by Crippen LogP contribution is -2.44. The fourth-order valence-corrected chi connectivity index (χ4v) is 3.08. The minimum Gasteiger partial charge on any atom is -0.394 e. The largest absolute Gasteiger partial charge is 0.394 e. The molecule has 6 N–H and O–H groups in total. The van der Waals surface area contributed by atoms with Gasteiger partial charge in [0, 0.05) is 0 Å². The van der Waals surface area contributed by atoms with Gasteiger partial charge in [0.05, 0.1) is 6.61 Å². The van der Waals surface area contributed by atoms with Crippen LogP contribution in [0.1, 0.15) is 13.2 Å². The van der Waals surface area contributed by atoms with Gasteiger partial charge in [0.15, 0.2) is 22.1 Å². The summed E-state index contributed by atoms with van der Waals surface area (Å²) in [4.78, 5) is 22.2. The molecule has 2 aromatic heterocycles. The first-order valence-electron chi connectivity index (χ1n) is 6.37. The number of nitrogens with one attached hydrogen (secondary N) is 1. The highest BCUT2D eigenvalue weighted by Crippen LogP contribution is 2.40. The number of anilines is 1. The zero-order valence-corrected chi connectivity index (χ0v) is 13.0. The fraction of sp³-hybridized carbons (Fsp3) is 0.545. The van der Waals surface area contributed by atoms with E-state index in [1.54, 1.807) is 0 Å². The predicted molar refractivity (Wildman–Crippen MR) is 77.9 cm³/mol. The summed E-state index contributed by atoms with van der Waals surface area (Å²) < 4.78 is 6.98. The van der Waals surface area contributed by atoms with Gasteiger partial charge in [-0.3, -0.25) is 14.3 Å². The highest BCUT2D eigenvalue weighted by atomic mass is 79.9. The van der Waals surface area contributed by atoms with Crippen LogP contribution in [0, 0.1) is 0 Å². The second-order valence-electron chi connectivity index (χ2n) is 5.25. The van der Waals surface area contributed by atoms with Crippen molar-refractivity contribution in [1.29, 1.82) is 0 Å². The number of halogens is 1. The molecule has 1 fully saturated rings. The molecule has 0 aromatic carbocycles. The molecule has 0 bridgehead atoms. The normalized spacial score (nSPS) is 32.0. The zero-order chi connectivity index (χ0) is 16.2. The number of aliphatic hydroxyl groups is 3. The van der Waals surface area contributed by atoms with Gasteiger partial charge in [-0.15, -0.1) is 0 Å². The van der Waals surface area contributed by atoms with Gasteiger partial charge in [-0.1, -0.05) is 0 Å². The van der Waals surface area contributed by atoms with Crippen molar-refractivity contribution in [2.75, 3.05) is 12.3 Å². The van der Waals surface area contributed by atoms with Crippen molar-refractivity contribution in [3.05, 3.63) is 15.1 Å². The third kappa shape index (κ3) is 2.05. The summed E-state index contributed by atoms with van der Waals surface area (Å²) in [6, 6.07) is 0. The SMILES string of the molecule is C[C@@]1(O)[C@H](O)[C@@H](CO)O[C@H]1n1c(Br)nc2c(=O)[nH]c(N)nc21. The standard InChI is InChI=1S/C11H14BrN5O5/c1-11(21)5(19)3(2-18)22-8(11)17-6-4(14-9(17)12)7(20)16-10(13)15-6/h3,5,8,18-19,21H,2H2,1H3,(H3,13,15,16,20)/t3-,5-,8-,11-/m1/s1. The summed E-state index contributed by atoms with van der Waals surface area (Å²) in [5, 5.41) is 29.8. The van der Waals surface area contributed by atoms with E-state index < -0.39 is 36.2 Å². The molecule has 22 heavy (non-hydrogen) atoms. The summed E-state index contributed by atoms with van der Waals surface area (Å²) in [6.07, 6.45) is -3.43. The minimum atomic E-state index is -1.73. The zero-order valence-electron chi connectivity index (χ0n) is 11.4. The Kier molecular flexibility index (Phi) is 3.49. The van der Waals surface area contributed by atoms with Crippen LogP contribution >= 0.6 is 15.9 Å². The Balaban J connectivity index is 2.22. The van der Waals surface area contributed by atoms with E-state index in [-0.39, 0.29) is 21.8 Å². The Morgan fingerprint density at radius 2 is 2.23 bits per heavy atom. The Hall–Kier alpha value is -1.53. The monoisotopic (exact) mass is 375 g/mol. The number of rotatable bonds is 2. The Bertz CT molecular complexity index is 787. The van der Waals surface area contributed by atoms with Crippen molar-refractivity contribution in [3.8, 4) is 0 Å². The molecule has 0 amide bonds. The van der Waals surface area contributed by atoms with Gasteiger partial charge in [0.25, 0.3) is 5.56 Å². The third-order valence-electron chi connectivity index (χ3n) is 3.69. The van der Waals surface area contributed by atoms with Crippen molar-refractivity contribution in [2.24, 2.45) is 0 Å². The number of hydrogen-bond donors (Lipinski definition) is 5. The second kappa shape index (κ2) is 4.99. The molecule has 3 rings (SSSR count). The summed E-state index contributed by atoms with van der Waals surface area (Å²) >= 11 is 3.17. The van der Waals surface area contributed by atoms with E-state index in [9.17, 15) is 20.1 Å². The molecule has 2 aromatic rings. The van der Waals surface area contributed by atoms with Crippen molar-refractivity contribution in [3.63, 3.8) is 0 Å². The Labute approximate surface area is 131 Å². The van der Waals surface area contributed by atoms with E-state index in [0.29, 0.717) is 0 Å². The van der Waals surface area contributed by atoms with E-state index in [1.165, 1.54) is 11.5 Å². The number of aromatic amines is 1. The average molecular weight is 376 g/mol. The number of H-pyrrole nitrogens is 1. The van der Waals surface area contributed by atoms with E-state index in [1.807, 2.05) is 0 Å². The van der Waals surface area contributed by atoms with Gasteiger partial charge < -0.3 is 25.8 Å². The molecule has 120 valence electrons. The first-order chi connectivity index (χ1) is 10.3. The molecule has 11 heteroatoms. The summed E-state index contributed by atoms with van der Waals surface area (Å²) in [5.41, 5.74) is 3.35. The number of nitrogen functional groups attached to an aromatic ring is 1. The van der Waals surface area contributed by atoms with Crippen molar-refractivity contribution in [1.82, 2.24) is 19.5 Å². The molecule has 10 nitrogen and oxygen atoms in total. The van der Waals surface area contributed by atoms with Gasteiger partial charge in [0.1, 0.15) is 17.8 Å². The number of nitrogens with zero attached hydrogens (tertiary/aromatic N) is 3. The van der Waals surface area contributed by atoms with Crippen molar-refractivity contribution in [2.45, 2.75) is 31.0 Å².